The molecule has 3 atom stereocenters. The first-order chi connectivity index (χ1) is 13.6. The van der Waals surface area contributed by atoms with Crippen molar-refractivity contribution in [2.24, 2.45) is 17.6 Å². The van der Waals surface area contributed by atoms with Crippen molar-refractivity contribution < 1.29 is 19.1 Å². The van der Waals surface area contributed by atoms with Crippen LogP contribution in [0, 0.1) is 11.8 Å². The first kappa shape index (κ1) is 24.6. The van der Waals surface area contributed by atoms with E-state index in [2.05, 4.69) is 5.32 Å². The molecule has 0 saturated heterocycles. The molecule has 0 bridgehead atoms. The molecule has 0 aromatic heterocycles. The molecular formula is C22H35N3O4. The summed E-state index contributed by atoms with van der Waals surface area (Å²) in [6, 6.07) is 7.12. The predicted octanol–water partition coefficient (Wildman–Crippen LogP) is 1.74. The Kier molecular flexibility index (Phi) is 9.81. The van der Waals surface area contributed by atoms with Crippen molar-refractivity contribution >= 4 is 17.8 Å². The lowest BCUT2D eigenvalue weighted by Crippen LogP contribution is -2.56. The van der Waals surface area contributed by atoms with Crippen molar-refractivity contribution in [3.63, 3.8) is 0 Å². The molecule has 7 heteroatoms. The van der Waals surface area contributed by atoms with Crippen molar-refractivity contribution in [2.75, 3.05) is 14.2 Å². The van der Waals surface area contributed by atoms with Gasteiger partial charge in [-0.15, -0.1) is 0 Å². The second kappa shape index (κ2) is 11.6. The fourth-order valence-corrected chi connectivity index (χ4v) is 3.01. The van der Waals surface area contributed by atoms with Gasteiger partial charge in [-0.3, -0.25) is 9.59 Å². The summed E-state index contributed by atoms with van der Waals surface area (Å²) in [5.41, 5.74) is 6.90. The third-order valence-electron chi connectivity index (χ3n) is 4.90. The summed E-state index contributed by atoms with van der Waals surface area (Å²) in [5, 5.41) is 2.78. The zero-order chi connectivity index (χ0) is 22.1. The molecule has 7 nitrogen and oxygen atoms in total. The van der Waals surface area contributed by atoms with Gasteiger partial charge in [-0.25, -0.2) is 4.79 Å². The van der Waals surface area contributed by atoms with Crippen LogP contribution in [0.3, 0.4) is 0 Å². The summed E-state index contributed by atoms with van der Waals surface area (Å²) in [6.45, 7) is 7.67. The summed E-state index contributed by atoms with van der Waals surface area (Å²) in [7, 11) is 2.87. The van der Waals surface area contributed by atoms with Crippen molar-refractivity contribution in [2.45, 2.75) is 58.7 Å². The molecule has 2 amide bonds. The van der Waals surface area contributed by atoms with E-state index < -0.39 is 30.0 Å². The minimum Gasteiger partial charge on any atom is -0.467 e. The number of amides is 2. The summed E-state index contributed by atoms with van der Waals surface area (Å²) < 4.78 is 4.87. The van der Waals surface area contributed by atoms with Crippen molar-refractivity contribution in [1.82, 2.24) is 10.2 Å². The quantitative estimate of drug-likeness (QED) is 0.578. The summed E-state index contributed by atoms with van der Waals surface area (Å²) in [6.07, 6.45) is 0.759. The molecule has 0 unspecified atom stereocenters. The predicted molar refractivity (Wildman–Crippen MR) is 113 cm³/mol. The molecule has 0 radical (unpaired) electrons. The van der Waals surface area contributed by atoms with E-state index in [1.165, 1.54) is 12.0 Å². The number of rotatable bonds is 10. The average molecular weight is 406 g/mol. The van der Waals surface area contributed by atoms with Crippen molar-refractivity contribution in [3.8, 4) is 0 Å². The highest BCUT2D eigenvalue weighted by Gasteiger charge is 2.33. The molecule has 0 aliphatic heterocycles. The first-order valence-corrected chi connectivity index (χ1v) is 10.0. The molecule has 0 saturated carbocycles. The van der Waals surface area contributed by atoms with E-state index in [0.29, 0.717) is 12.8 Å². The van der Waals surface area contributed by atoms with Crippen LogP contribution in [-0.4, -0.2) is 55.0 Å². The van der Waals surface area contributed by atoms with E-state index in [9.17, 15) is 14.4 Å². The Labute approximate surface area is 174 Å². The molecular weight excluding hydrogens is 370 g/mol. The maximum Gasteiger partial charge on any atom is 0.328 e. The van der Waals surface area contributed by atoms with Gasteiger partial charge in [0.05, 0.1) is 13.2 Å². The molecule has 1 rings (SSSR count). The number of nitrogens with two attached hydrogens (primary N) is 1. The van der Waals surface area contributed by atoms with Gasteiger partial charge in [0.1, 0.15) is 12.1 Å². The lowest BCUT2D eigenvalue weighted by atomic mass is 9.98. The van der Waals surface area contributed by atoms with Gasteiger partial charge in [0.15, 0.2) is 0 Å². The maximum atomic E-state index is 13.1. The minimum absolute atomic E-state index is 0.0476. The Balaban J connectivity index is 3.03. The zero-order valence-electron chi connectivity index (χ0n) is 18.3. The van der Waals surface area contributed by atoms with Crippen LogP contribution >= 0.6 is 0 Å². The number of benzene rings is 1. The molecule has 0 fully saturated rings. The van der Waals surface area contributed by atoms with E-state index in [1.54, 1.807) is 7.05 Å². The molecule has 29 heavy (non-hydrogen) atoms. The van der Waals surface area contributed by atoms with E-state index in [-0.39, 0.29) is 17.7 Å². The van der Waals surface area contributed by atoms with E-state index >= 15 is 0 Å². The number of methoxy groups -OCH3 is 1. The van der Waals surface area contributed by atoms with Crippen LogP contribution in [0.2, 0.25) is 0 Å². The number of likely N-dealkylation sites (N-methyl/N-ethyl adjacent to an activating group) is 1. The van der Waals surface area contributed by atoms with Crippen LogP contribution < -0.4 is 11.1 Å². The number of nitrogens with zero attached hydrogens (tertiary/aromatic N) is 1. The van der Waals surface area contributed by atoms with Gasteiger partial charge < -0.3 is 20.7 Å². The van der Waals surface area contributed by atoms with Crippen LogP contribution in [0.25, 0.3) is 0 Å². The Morgan fingerprint density at radius 3 is 2.17 bits per heavy atom. The van der Waals surface area contributed by atoms with Gasteiger partial charge >= 0.3 is 5.97 Å². The van der Waals surface area contributed by atoms with Gasteiger partial charge in [0, 0.05) is 13.5 Å². The highest BCUT2D eigenvalue weighted by Crippen LogP contribution is 2.15. The van der Waals surface area contributed by atoms with Crippen LogP contribution in [0.15, 0.2) is 30.3 Å². The van der Waals surface area contributed by atoms with Gasteiger partial charge in [-0.05, 0) is 23.8 Å². The number of ether oxygens (including phenoxy) is 1. The molecule has 162 valence electrons. The van der Waals surface area contributed by atoms with Crippen LogP contribution in [-0.2, 0) is 25.5 Å². The second-order valence-electron chi connectivity index (χ2n) is 8.14. The van der Waals surface area contributed by atoms with Crippen LogP contribution in [0.1, 0.15) is 39.7 Å². The number of carbonyl (C=O) groups excluding carboxylic acids is 3. The Morgan fingerprint density at radius 1 is 1.10 bits per heavy atom. The normalized spacial score (nSPS) is 14.2. The number of esters is 1. The fraction of sp³-hybridized carbons (Fsp3) is 0.591. The van der Waals surface area contributed by atoms with E-state index in [0.717, 1.165) is 5.56 Å². The molecule has 1 aromatic carbocycles. The molecule has 0 aliphatic carbocycles. The summed E-state index contributed by atoms with van der Waals surface area (Å²) in [4.78, 5) is 39.5. The lowest BCUT2D eigenvalue weighted by Gasteiger charge is -2.32. The summed E-state index contributed by atoms with van der Waals surface area (Å²) >= 11 is 0. The molecule has 0 spiro atoms. The van der Waals surface area contributed by atoms with Gasteiger partial charge in [-0.1, -0.05) is 58.0 Å². The van der Waals surface area contributed by atoms with Crippen LogP contribution in [0.5, 0.6) is 0 Å². The largest absolute Gasteiger partial charge is 0.467 e. The standard InChI is InChI=1S/C22H35N3O4/c1-14(2)12-18(25(5)21(27)19(23)15(3)4)20(26)24-17(22(28)29-6)13-16-10-8-7-9-11-16/h7-11,14-15,17-19H,12-13,23H2,1-6H3,(H,24,26)/t17-,18-,19-/m1/s1. The molecule has 1 aromatic rings. The number of hydrogen-bond donors (Lipinski definition) is 2. The van der Waals surface area contributed by atoms with E-state index in [4.69, 9.17) is 10.5 Å². The lowest BCUT2D eigenvalue weighted by molar-refractivity contribution is -0.147. The topological polar surface area (TPSA) is 102 Å². The first-order valence-electron chi connectivity index (χ1n) is 10.0. The maximum absolute atomic E-state index is 13.1. The second-order valence-corrected chi connectivity index (χ2v) is 8.14. The number of nitrogens with one attached hydrogen (secondary N) is 1. The highest BCUT2D eigenvalue weighted by molar-refractivity contribution is 5.92. The highest BCUT2D eigenvalue weighted by atomic mass is 16.5. The van der Waals surface area contributed by atoms with Gasteiger partial charge in [0.2, 0.25) is 11.8 Å². The Hall–Kier alpha value is -2.41. The van der Waals surface area contributed by atoms with E-state index in [1.807, 2.05) is 58.0 Å². The Morgan fingerprint density at radius 2 is 1.69 bits per heavy atom. The molecule has 0 heterocycles. The fourth-order valence-electron chi connectivity index (χ4n) is 3.01. The van der Waals surface area contributed by atoms with Gasteiger partial charge in [-0.2, -0.15) is 0 Å². The SMILES string of the molecule is COC(=O)[C@@H](Cc1ccccc1)NC(=O)[C@@H](CC(C)C)N(C)C(=O)[C@H](N)C(C)C. The average Bonchev–Trinajstić information content (AvgIpc) is 2.69. The zero-order valence-corrected chi connectivity index (χ0v) is 18.3. The van der Waals surface area contributed by atoms with Gasteiger partial charge in [0.25, 0.3) is 0 Å². The van der Waals surface area contributed by atoms with Crippen molar-refractivity contribution in [3.05, 3.63) is 35.9 Å². The monoisotopic (exact) mass is 405 g/mol. The van der Waals surface area contributed by atoms with Crippen LogP contribution in [0.4, 0.5) is 0 Å². The Bertz CT molecular complexity index is 676. The summed E-state index contributed by atoms with van der Waals surface area (Å²) in [5.74, 6) is -1.09. The van der Waals surface area contributed by atoms with Crippen molar-refractivity contribution in [1.29, 1.82) is 0 Å². The third-order valence-corrected chi connectivity index (χ3v) is 4.90. The minimum atomic E-state index is -0.841. The third kappa shape index (κ3) is 7.49. The smallest absolute Gasteiger partial charge is 0.328 e. The number of carbonyl (C=O) groups is 3. The molecule has 0 aliphatic rings. The molecule has 3 N–H and O–H groups in total. The number of hydrogen-bond acceptors (Lipinski definition) is 5.